The van der Waals surface area contributed by atoms with E-state index in [2.05, 4.69) is 4.99 Å². The molecule has 4 heteroatoms. The van der Waals surface area contributed by atoms with E-state index in [9.17, 15) is 4.39 Å². The molecule has 0 atom stereocenters. The minimum absolute atomic E-state index is 0.0858. The summed E-state index contributed by atoms with van der Waals surface area (Å²) in [7, 11) is 0. The maximum absolute atomic E-state index is 13.6. The third-order valence-electron chi connectivity index (χ3n) is 3.20. The lowest BCUT2D eigenvalue weighted by Gasteiger charge is -2.20. The molecule has 0 unspecified atom stereocenters. The molecule has 2 N–H and O–H groups in total. The van der Waals surface area contributed by atoms with Crippen LogP contribution in [0, 0.1) is 11.7 Å². The highest BCUT2D eigenvalue weighted by Gasteiger charge is 2.17. The van der Waals surface area contributed by atoms with Crippen LogP contribution >= 0.6 is 11.6 Å². The summed E-state index contributed by atoms with van der Waals surface area (Å²) in [5.74, 6) is 0.334. The Morgan fingerprint density at radius 2 is 2.00 bits per heavy atom. The Labute approximate surface area is 106 Å². The molecule has 1 aromatic rings. The maximum Gasteiger partial charge on any atom is 0.167 e. The first-order valence-electron chi connectivity index (χ1n) is 5.96. The van der Waals surface area contributed by atoms with Crippen molar-refractivity contribution in [3.05, 3.63) is 29.0 Å². The Morgan fingerprint density at radius 3 is 2.71 bits per heavy atom. The minimum atomic E-state index is -0.493. The van der Waals surface area contributed by atoms with E-state index < -0.39 is 5.82 Å². The molecule has 2 rings (SSSR count). The molecule has 0 spiro atoms. The summed E-state index contributed by atoms with van der Waals surface area (Å²) in [5, 5.41) is 0.0858. The van der Waals surface area contributed by atoms with E-state index in [1.54, 1.807) is 12.1 Å². The number of aliphatic imine (C=N–C) groups is 1. The number of rotatable bonds is 2. The number of nitrogens with two attached hydrogens (primary N) is 1. The van der Waals surface area contributed by atoms with Crippen molar-refractivity contribution in [3.8, 4) is 0 Å². The lowest BCUT2D eigenvalue weighted by atomic mass is 9.88. The summed E-state index contributed by atoms with van der Waals surface area (Å²) in [6.07, 6.45) is 5.72. The highest BCUT2D eigenvalue weighted by molar-refractivity contribution is 6.31. The molecular formula is C13H16ClFN2. The van der Waals surface area contributed by atoms with E-state index in [1.807, 2.05) is 0 Å². The second kappa shape index (κ2) is 5.50. The lowest BCUT2D eigenvalue weighted by Crippen LogP contribution is -2.25. The van der Waals surface area contributed by atoms with Gasteiger partial charge in [-0.2, -0.15) is 0 Å². The van der Waals surface area contributed by atoms with Crippen molar-refractivity contribution >= 4 is 23.1 Å². The number of nitrogens with zero attached hydrogens (tertiary/aromatic N) is 1. The molecule has 0 bridgehead atoms. The van der Waals surface area contributed by atoms with E-state index in [4.69, 9.17) is 17.3 Å². The van der Waals surface area contributed by atoms with Gasteiger partial charge in [0, 0.05) is 5.92 Å². The van der Waals surface area contributed by atoms with Crippen molar-refractivity contribution in [1.29, 1.82) is 0 Å². The third kappa shape index (κ3) is 2.97. The second-order valence-electron chi connectivity index (χ2n) is 4.44. The highest BCUT2D eigenvalue weighted by atomic mass is 35.5. The predicted octanol–water partition coefficient (Wildman–Crippen LogP) is 4.05. The Bertz CT molecular complexity index is 425. The Balaban J connectivity index is 2.19. The van der Waals surface area contributed by atoms with Crippen LogP contribution in [0.2, 0.25) is 5.02 Å². The van der Waals surface area contributed by atoms with Gasteiger partial charge in [-0.25, -0.2) is 9.38 Å². The van der Waals surface area contributed by atoms with Crippen molar-refractivity contribution < 1.29 is 4.39 Å². The summed E-state index contributed by atoms with van der Waals surface area (Å²) >= 11 is 5.70. The molecular weight excluding hydrogens is 239 g/mol. The molecule has 0 heterocycles. The van der Waals surface area contributed by atoms with Crippen LogP contribution < -0.4 is 5.73 Å². The van der Waals surface area contributed by atoms with Gasteiger partial charge < -0.3 is 5.73 Å². The molecule has 1 fully saturated rings. The van der Waals surface area contributed by atoms with Gasteiger partial charge in [0.05, 0.1) is 5.02 Å². The number of halogens is 2. The number of hydrogen-bond donors (Lipinski definition) is 1. The molecule has 92 valence electrons. The zero-order valence-electron chi connectivity index (χ0n) is 9.63. The molecule has 1 aliphatic rings. The average molecular weight is 255 g/mol. The van der Waals surface area contributed by atoms with Crippen LogP contribution in [0.25, 0.3) is 0 Å². The zero-order chi connectivity index (χ0) is 12.3. The van der Waals surface area contributed by atoms with E-state index in [0.717, 1.165) is 12.8 Å². The van der Waals surface area contributed by atoms with Gasteiger partial charge in [0.25, 0.3) is 0 Å². The lowest BCUT2D eigenvalue weighted by molar-refractivity contribution is 0.437. The monoisotopic (exact) mass is 254 g/mol. The Kier molecular flexibility index (Phi) is 4.00. The second-order valence-corrected chi connectivity index (χ2v) is 4.85. The van der Waals surface area contributed by atoms with Gasteiger partial charge in [0.1, 0.15) is 11.5 Å². The molecule has 0 radical (unpaired) electrons. The smallest absolute Gasteiger partial charge is 0.167 e. The van der Waals surface area contributed by atoms with Gasteiger partial charge in [-0.1, -0.05) is 36.9 Å². The van der Waals surface area contributed by atoms with Crippen LogP contribution in [0.1, 0.15) is 32.1 Å². The topological polar surface area (TPSA) is 38.4 Å². The largest absolute Gasteiger partial charge is 0.387 e. The van der Waals surface area contributed by atoms with Gasteiger partial charge in [-0.15, -0.1) is 0 Å². The van der Waals surface area contributed by atoms with Crippen molar-refractivity contribution in [3.63, 3.8) is 0 Å². The van der Waals surface area contributed by atoms with Crippen LogP contribution in [0.4, 0.5) is 10.1 Å². The molecule has 1 saturated carbocycles. The van der Waals surface area contributed by atoms with Crippen LogP contribution in [0.5, 0.6) is 0 Å². The molecule has 1 aromatic carbocycles. The van der Waals surface area contributed by atoms with E-state index in [1.165, 1.54) is 25.3 Å². The normalized spacial score (nSPS) is 18.4. The van der Waals surface area contributed by atoms with Gasteiger partial charge in [0.2, 0.25) is 0 Å². The summed E-state index contributed by atoms with van der Waals surface area (Å²) in [4.78, 5) is 4.18. The first kappa shape index (κ1) is 12.4. The molecule has 1 aliphatic carbocycles. The zero-order valence-corrected chi connectivity index (χ0v) is 10.4. The Hall–Kier alpha value is -1.09. The number of benzene rings is 1. The SMILES string of the molecule is NC(=Nc1cccc(Cl)c1F)C1CCCCC1. The summed E-state index contributed by atoms with van der Waals surface area (Å²) < 4.78 is 13.6. The number of amidine groups is 1. The first-order valence-corrected chi connectivity index (χ1v) is 6.34. The van der Waals surface area contributed by atoms with Gasteiger partial charge in [-0.05, 0) is 25.0 Å². The van der Waals surface area contributed by atoms with Crippen LogP contribution in [0.15, 0.2) is 23.2 Å². The molecule has 0 saturated heterocycles. The highest BCUT2D eigenvalue weighted by Crippen LogP contribution is 2.28. The molecule has 0 amide bonds. The standard InChI is InChI=1S/C13H16ClFN2/c14-10-7-4-8-11(12(10)15)17-13(16)9-5-2-1-3-6-9/h4,7-9H,1-3,5-6H2,(H2,16,17). The van der Waals surface area contributed by atoms with Crippen molar-refractivity contribution in [2.24, 2.45) is 16.6 Å². The fraction of sp³-hybridized carbons (Fsp3) is 0.462. The quantitative estimate of drug-likeness (QED) is 0.628. The van der Waals surface area contributed by atoms with Crippen molar-refractivity contribution in [2.75, 3.05) is 0 Å². The first-order chi connectivity index (χ1) is 8.18. The van der Waals surface area contributed by atoms with E-state index in [-0.39, 0.29) is 10.7 Å². The van der Waals surface area contributed by atoms with Crippen LogP contribution in [-0.2, 0) is 0 Å². The molecule has 17 heavy (non-hydrogen) atoms. The fourth-order valence-electron chi connectivity index (χ4n) is 2.21. The summed E-state index contributed by atoms with van der Waals surface area (Å²) in [6, 6.07) is 4.78. The summed E-state index contributed by atoms with van der Waals surface area (Å²) in [5.41, 5.74) is 6.18. The third-order valence-corrected chi connectivity index (χ3v) is 3.50. The fourth-order valence-corrected chi connectivity index (χ4v) is 2.38. The average Bonchev–Trinajstić information content (AvgIpc) is 2.36. The van der Waals surface area contributed by atoms with Gasteiger partial charge in [0.15, 0.2) is 5.82 Å². The van der Waals surface area contributed by atoms with E-state index >= 15 is 0 Å². The number of hydrogen-bond acceptors (Lipinski definition) is 1. The van der Waals surface area contributed by atoms with Gasteiger partial charge in [-0.3, -0.25) is 0 Å². The molecule has 2 nitrogen and oxygen atoms in total. The van der Waals surface area contributed by atoms with E-state index in [0.29, 0.717) is 11.8 Å². The predicted molar refractivity (Wildman–Crippen MR) is 69.3 cm³/mol. The van der Waals surface area contributed by atoms with Gasteiger partial charge >= 0.3 is 0 Å². The van der Waals surface area contributed by atoms with Crippen molar-refractivity contribution in [2.45, 2.75) is 32.1 Å². The summed E-state index contributed by atoms with van der Waals surface area (Å²) in [6.45, 7) is 0. The van der Waals surface area contributed by atoms with Crippen molar-refractivity contribution in [1.82, 2.24) is 0 Å². The van der Waals surface area contributed by atoms with Crippen LogP contribution in [0.3, 0.4) is 0 Å². The maximum atomic E-state index is 13.6. The molecule has 0 aromatic heterocycles. The Morgan fingerprint density at radius 1 is 1.29 bits per heavy atom. The van der Waals surface area contributed by atoms with Crippen LogP contribution in [-0.4, -0.2) is 5.84 Å². The minimum Gasteiger partial charge on any atom is -0.387 e. The molecule has 0 aliphatic heterocycles.